The van der Waals surface area contributed by atoms with Gasteiger partial charge in [0, 0.05) is 5.92 Å². The minimum Gasteiger partial charge on any atom is -0.481 e. The second kappa shape index (κ2) is 9.25. The van der Waals surface area contributed by atoms with E-state index >= 15 is 0 Å². The number of aliphatic carboxylic acids is 1. The van der Waals surface area contributed by atoms with E-state index in [0.29, 0.717) is 11.8 Å². The van der Waals surface area contributed by atoms with Crippen LogP contribution in [0.25, 0.3) is 0 Å². The number of hydrogen-bond donors (Lipinski definition) is 3. The Hall–Kier alpha value is -0.990. The Kier molecular flexibility index (Phi) is 7.30. The standard InChI is InChI=1S/C23H38O7/c1-12(10-17-21(29-17)14(3)20(27)15(4)24)6-9-18-23(5,30-18)22-13(2)7-8-16(28-22)11-19(25)26/h6,9,12-18,20-22,24,27H,7-8,10-11H2,1-5H3,(H,25,26)/b9-6+/t12-,13+,14-,15-,16-,17-,18?,20-,21-,22+,23?/m1/s1. The molecule has 0 aromatic rings. The lowest BCUT2D eigenvalue weighted by Gasteiger charge is -2.36. The quantitative estimate of drug-likeness (QED) is 0.363. The maximum Gasteiger partial charge on any atom is 0.305 e. The average molecular weight is 427 g/mol. The number of hydrogen-bond acceptors (Lipinski definition) is 6. The molecule has 0 radical (unpaired) electrons. The highest BCUT2D eigenvalue weighted by atomic mass is 16.6. The van der Waals surface area contributed by atoms with Crippen LogP contribution in [-0.2, 0) is 19.0 Å². The van der Waals surface area contributed by atoms with Crippen molar-refractivity contribution in [3.05, 3.63) is 12.2 Å². The van der Waals surface area contributed by atoms with E-state index in [-0.39, 0.29) is 42.9 Å². The maximum absolute atomic E-state index is 11.0. The van der Waals surface area contributed by atoms with Crippen LogP contribution < -0.4 is 0 Å². The van der Waals surface area contributed by atoms with E-state index in [9.17, 15) is 15.0 Å². The Balaban J connectivity index is 1.46. The fourth-order valence-electron chi connectivity index (χ4n) is 4.93. The van der Waals surface area contributed by atoms with Gasteiger partial charge in [-0.25, -0.2) is 0 Å². The van der Waals surface area contributed by atoms with Gasteiger partial charge in [-0.3, -0.25) is 4.79 Å². The molecule has 0 bridgehead atoms. The molecular formula is C23H38O7. The van der Waals surface area contributed by atoms with Gasteiger partial charge in [-0.2, -0.15) is 0 Å². The Morgan fingerprint density at radius 1 is 1.20 bits per heavy atom. The van der Waals surface area contributed by atoms with Gasteiger partial charge in [-0.15, -0.1) is 0 Å². The molecule has 0 spiro atoms. The molecule has 2 unspecified atom stereocenters. The fourth-order valence-corrected chi connectivity index (χ4v) is 4.93. The van der Waals surface area contributed by atoms with Crippen LogP contribution >= 0.6 is 0 Å². The minimum atomic E-state index is -0.823. The number of aliphatic hydroxyl groups excluding tert-OH is 2. The zero-order valence-electron chi connectivity index (χ0n) is 18.7. The first-order valence-electron chi connectivity index (χ1n) is 11.3. The molecule has 3 heterocycles. The first-order chi connectivity index (χ1) is 14.0. The van der Waals surface area contributed by atoms with Crippen molar-refractivity contribution < 1.29 is 34.3 Å². The summed E-state index contributed by atoms with van der Waals surface area (Å²) in [7, 11) is 0. The Morgan fingerprint density at radius 3 is 2.53 bits per heavy atom. The number of carboxylic acids is 1. The minimum absolute atomic E-state index is 0.00412. The molecule has 3 N–H and O–H groups in total. The molecule has 3 aliphatic rings. The highest BCUT2D eigenvalue weighted by Gasteiger charge is 2.59. The molecule has 3 saturated heterocycles. The molecule has 0 amide bonds. The van der Waals surface area contributed by atoms with Crippen molar-refractivity contribution in [2.75, 3.05) is 0 Å². The summed E-state index contributed by atoms with van der Waals surface area (Å²) >= 11 is 0. The molecule has 0 aliphatic carbocycles. The number of rotatable bonds is 10. The van der Waals surface area contributed by atoms with Gasteiger partial charge < -0.3 is 29.5 Å². The van der Waals surface area contributed by atoms with E-state index in [1.165, 1.54) is 0 Å². The number of carbonyl (C=O) groups is 1. The predicted molar refractivity (Wildman–Crippen MR) is 111 cm³/mol. The lowest BCUT2D eigenvalue weighted by Crippen LogP contribution is -2.44. The zero-order valence-corrected chi connectivity index (χ0v) is 18.7. The summed E-state index contributed by atoms with van der Waals surface area (Å²) < 4.78 is 17.9. The summed E-state index contributed by atoms with van der Waals surface area (Å²) in [5.41, 5.74) is -0.401. The Labute approximate surface area is 179 Å². The van der Waals surface area contributed by atoms with E-state index in [0.717, 1.165) is 19.3 Å². The second-order valence-electron chi connectivity index (χ2n) is 9.88. The zero-order chi connectivity index (χ0) is 22.2. The molecule has 0 aromatic heterocycles. The predicted octanol–water partition coefficient (Wildman–Crippen LogP) is 2.53. The number of aliphatic hydroxyl groups is 2. The van der Waals surface area contributed by atoms with E-state index in [2.05, 4.69) is 32.9 Å². The van der Waals surface area contributed by atoms with Gasteiger partial charge in [0.1, 0.15) is 11.7 Å². The molecule has 3 aliphatic heterocycles. The molecule has 11 atom stereocenters. The smallest absolute Gasteiger partial charge is 0.305 e. The molecular weight excluding hydrogens is 388 g/mol. The van der Waals surface area contributed by atoms with Crippen molar-refractivity contribution in [2.24, 2.45) is 17.8 Å². The SMILES string of the molecule is C[C@H]([C@@H](O)[C@@H](C)O)[C@H]1O[C@@H]1C[C@H](C)/C=C/C1OC1(C)[C@H]1O[C@@H](CC(=O)O)CC[C@@H]1C. The maximum atomic E-state index is 11.0. The van der Waals surface area contributed by atoms with Gasteiger partial charge in [-0.1, -0.05) is 32.9 Å². The second-order valence-corrected chi connectivity index (χ2v) is 9.88. The Bertz CT molecular complexity index is 635. The fraction of sp³-hybridized carbons (Fsp3) is 0.870. The van der Waals surface area contributed by atoms with Crippen molar-refractivity contribution >= 4 is 5.97 Å². The number of allylic oxidation sites excluding steroid dienone is 1. The summed E-state index contributed by atoms with van der Waals surface area (Å²) in [6.45, 7) is 9.83. The van der Waals surface area contributed by atoms with Gasteiger partial charge in [0.2, 0.25) is 0 Å². The number of epoxide rings is 2. The molecule has 3 rings (SSSR count). The molecule has 7 nitrogen and oxygen atoms in total. The van der Waals surface area contributed by atoms with Gasteiger partial charge >= 0.3 is 5.97 Å². The molecule has 30 heavy (non-hydrogen) atoms. The van der Waals surface area contributed by atoms with Crippen molar-refractivity contribution in [2.45, 2.75) is 109 Å². The lowest BCUT2D eigenvalue weighted by atomic mass is 9.83. The van der Waals surface area contributed by atoms with Crippen molar-refractivity contribution in [1.82, 2.24) is 0 Å². The van der Waals surface area contributed by atoms with Gasteiger partial charge in [-0.05, 0) is 44.9 Å². The van der Waals surface area contributed by atoms with Crippen LogP contribution in [0.1, 0.15) is 60.3 Å². The monoisotopic (exact) mass is 426 g/mol. The molecule has 7 heteroatoms. The highest BCUT2D eigenvalue weighted by molar-refractivity contribution is 5.67. The third kappa shape index (κ3) is 5.43. The van der Waals surface area contributed by atoms with Crippen LogP contribution in [0.15, 0.2) is 12.2 Å². The summed E-state index contributed by atoms with van der Waals surface area (Å²) in [6, 6.07) is 0. The van der Waals surface area contributed by atoms with Gasteiger partial charge in [0.25, 0.3) is 0 Å². The number of carboxylic acid groups (broad SMARTS) is 1. The highest BCUT2D eigenvalue weighted by Crippen LogP contribution is 2.47. The summed E-state index contributed by atoms with van der Waals surface area (Å²) in [5, 5.41) is 28.6. The summed E-state index contributed by atoms with van der Waals surface area (Å²) in [6.07, 6.45) is 5.08. The van der Waals surface area contributed by atoms with Crippen molar-refractivity contribution in [3.8, 4) is 0 Å². The third-order valence-electron chi connectivity index (χ3n) is 7.05. The normalized spacial score (nSPS) is 42.5. The summed E-state index contributed by atoms with van der Waals surface area (Å²) in [4.78, 5) is 11.0. The largest absolute Gasteiger partial charge is 0.481 e. The molecule has 0 aromatic carbocycles. The van der Waals surface area contributed by atoms with E-state index in [1.807, 2.05) is 6.92 Å². The van der Waals surface area contributed by atoms with Crippen molar-refractivity contribution in [1.29, 1.82) is 0 Å². The first kappa shape index (κ1) is 23.7. The first-order valence-corrected chi connectivity index (χ1v) is 11.3. The van der Waals surface area contributed by atoms with Crippen LogP contribution in [-0.4, -0.2) is 69.6 Å². The average Bonchev–Trinajstić information content (AvgIpc) is 3.57. The topological polar surface area (TPSA) is 112 Å². The van der Waals surface area contributed by atoms with E-state index < -0.39 is 23.8 Å². The van der Waals surface area contributed by atoms with E-state index in [4.69, 9.17) is 19.3 Å². The molecule has 172 valence electrons. The van der Waals surface area contributed by atoms with Crippen LogP contribution in [0.3, 0.4) is 0 Å². The van der Waals surface area contributed by atoms with Crippen LogP contribution in [0, 0.1) is 17.8 Å². The van der Waals surface area contributed by atoms with Gasteiger partial charge in [0.15, 0.2) is 0 Å². The van der Waals surface area contributed by atoms with Crippen LogP contribution in [0.5, 0.6) is 0 Å². The Morgan fingerprint density at radius 2 is 1.90 bits per heavy atom. The van der Waals surface area contributed by atoms with Crippen molar-refractivity contribution in [3.63, 3.8) is 0 Å². The lowest BCUT2D eigenvalue weighted by molar-refractivity contribution is -0.149. The number of ether oxygens (including phenoxy) is 3. The molecule has 3 fully saturated rings. The van der Waals surface area contributed by atoms with E-state index in [1.54, 1.807) is 6.92 Å². The molecule has 0 saturated carbocycles. The van der Waals surface area contributed by atoms with Crippen LogP contribution in [0.4, 0.5) is 0 Å². The third-order valence-corrected chi connectivity index (χ3v) is 7.05. The summed E-state index contributed by atoms with van der Waals surface area (Å²) in [5.74, 6) is -0.284. The van der Waals surface area contributed by atoms with Crippen LogP contribution in [0.2, 0.25) is 0 Å². The van der Waals surface area contributed by atoms with Gasteiger partial charge in [0.05, 0.1) is 43.0 Å².